The number of alkyl halides is 3. The van der Waals surface area contributed by atoms with Crippen LogP contribution in [-0.4, -0.2) is 11.3 Å². The summed E-state index contributed by atoms with van der Waals surface area (Å²) in [6.45, 7) is 0. The van der Waals surface area contributed by atoms with E-state index in [0.29, 0.717) is 6.07 Å². The molecule has 1 aromatic carbocycles. The molecule has 6 heteroatoms. The largest absolute Gasteiger partial charge is 0.418 e. The van der Waals surface area contributed by atoms with E-state index < -0.39 is 23.7 Å². The average Bonchev–Trinajstić information content (AvgIpc) is 1.99. The standard InChI is InChI=1S/C8H5BrF4O/c9-5-1-4(2-6(10)3-5)7(14)8(11,12)13/h1-3,7,14H. The summed E-state index contributed by atoms with van der Waals surface area (Å²) in [6.07, 6.45) is -7.44. The molecule has 0 saturated heterocycles. The number of hydrogen-bond donors (Lipinski definition) is 1. The summed E-state index contributed by atoms with van der Waals surface area (Å²) in [5.41, 5.74) is -0.524. The Morgan fingerprint density at radius 2 is 1.79 bits per heavy atom. The molecule has 0 spiro atoms. The molecule has 1 atom stereocenters. The second-order valence-electron chi connectivity index (χ2n) is 2.65. The van der Waals surface area contributed by atoms with Gasteiger partial charge < -0.3 is 5.11 Å². The summed E-state index contributed by atoms with van der Waals surface area (Å²) in [7, 11) is 0. The number of benzene rings is 1. The predicted molar refractivity (Wildman–Crippen MR) is 45.1 cm³/mol. The molecule has 0 aliphatic carbocycles. The van der Waals surface area contributed by atoms with Gasteiger partial charge in [0.15, 0.2) is 6.10 Å². The fourth-order valence-corrected chi connectivity index (χ4v) is 1.41. The lowest BCUT2D eigenvalue weighted by Gasteiger charge is -2.14. The molecular weight excluding hydrogens is 268 g/mol. The molecule has 0 bridgehead atoms. The molecule has 78 valence electrons. The fourth-order valence-electron chi connectivity index (χ4n) is 0.922. The highest BCUT2D eigenvalue weighted by Crippen LogP contribution is 2.33. The van der Waals surface area contributed by atoms with Gasteiger partial charge in [-0.05, 0) is 23.8 Å². The van der Waals surface area contributed by atoms with Gasteiger partial charge >= 0.3 is 6.18 Å². The van der Waals surface area contributed by atoms with E-state index in [1.165, 1.54) is 0 Å². The Hall–Kier alpha value is -0.620. The maximum absolute atomic E-state index is 12.7. The third-order valence-electron chi connectivity index (χ3n) is 1.51. The first-order valence-electron chi connectivity index (χ1n) is 3.51. The number of aliphatic hydroxyl groups is 1. The van der Waals surface area contributed by atoms with Crippen LogP contribution in [0.15, 0.2) is 22.7 Å². The first kappa shape index (κ1) is 11.5. The number of rotatable bonds is 1. The number of aliphatic hydroxyl groups excluding tert-OH is 1. The van der Waals surface area contributed by atoms with Gasteiger partial charge in [0.05, 0.1) is 0 Å². The van der Waals surface area contributed by atoms with Crippen LogP contribution in [0.5, 0.6) is 0 Å². The first-order valence-corrected chi connectivity index (χ1v) is 4.31. The van der Waals surface area contributed by atoms with Gasteiger partial charge in [-0.3, -0.25) is 0 Å². The van der Waals surface area contributed by atoms with Crippen molar-refractivity contribution >= 4 is 15.9 Å². The van der Waals surface area contributed by atoms with Crippen molar-refractivity contribution in [3.8, 4) is 0 Å². The molecule has 0 aliphatic rings. The highest BCUT2D eigenvalue weighted by molar-refractivity contribution is 9.10. The quantitative estimate of drug-likeness (QED) is 0.779. The Morgan fingerprint density at radius 3 is 2.21 bits per heavy atom. The summed E-state index contributed by atoms with van der Waals surface area (Å²) in [5, 5.41) is 8.79. The van der Waals surface area contributed by atoms with Gasteiger partial charge in [0, 0.05) is 4.47 Å². The highest BCUT2D eigenvalue weighted by Gasteiger charge is 2.39. The first-order chi connectivity index (χ1) is 6.30. The van der Waals surface area contributed by atoms with Crippen LogP contribution >= 0.6 is 15.9 Å². The van der Waals surface area contributed by atoms with Gasteiger partial charge in [0.1, 0.15) is 5.82 Å². The van der Waals surface area contributed by atoms with Crippen molar-refractivity contribution < 1.29 is 22.7 Å². The Labute approximate surface area is 85.5 Å². The van der Waals surface area contributed by atoms with Gasteiger partial charge in [-0.2, -0.15) is 13.2 Å². The average molecular weight is 273 g/mol. The smallest absolute Gasteiger partial charge is 0.379 e. The summed E-state index contributed by atoms with van der Waals surface area (Å²) in [5.74, 6) is -0.835. The lowest BCUT2D eigenvalue weighted by molar-refractivity contribution is -0.206. The molecule has 14 heavy (non-hydrogen) atoms. The van der Waals surface area contributed by atoms with E-state index in [4.69, 9.17) is 5.11 Å². The molecule has 1 N–H and O–H groups in total. The molecule has 0 fully saturated rings. The second kappa shape index (κ2) is 3.86. The third-order valence-corrected chi connectivity index (χ3v) is 1.97. The molecule has 0 heterocycles. The fraction of sp³-hybridized carbons (Fsp3) is 0.250. The van der Waals surface area contributed by atoms with E-state index in [1.54, 1.807) is 0 Å². The normalized spacial score (nSPS) is 14.1. The van der Waals surface area contributed by atoms with Crippen LogP contribution in [0.3, 0.4) is 0 Å². The maximum atomic E-state index is 12.7. The molecule has 0 aromatic heterocycles. The second-order valence-corrected chi connectivity index (χ2v) is 3.56. The molecule has 0 saturated carbocycles. The topological polar surface area (TPSA) is 20.2 Å². The minimum absolute atomic E-state index is 0.149. The van der Waals surface area contributed by atoms with E-state index in [-0.39, 0.29) is 4.47 Å². The Morgan fingerprint density at radius 1 is 1.21 bits per heavy atom. The molecule has 1 rings (SSSR count). The Kier molecular flexibility index (Phi) is 3.16. The van der Waals surface area contributed by atoms with E-state index >= 15 is 0 Å². The molecular formula is C8H5BrF4O. The van der Waals surface area contributed by atoms with Crippen LogP contribution < -0.4 is 0 Å². The van der Waals surface area contributed by atoms with Crippen LogP contribution in [0.4, 0.5) is 17.6 Å². The molecule has 1 unspecified atom stereocenters. The molecule has 1 aromatic rings. The van der Waals surface area contributed by atoms with Crippen LogP contribution in [0.2, 0.25) is 0 Å². The maximum Gasteiger partial charge on any atom is 0.418 e. The zero-order chi connectivity index (χ0) is 10.9. The van der Waals surface area contributed by atoms with Crippen molar-refractivity contribution in [1.82, 2.24) is 0 Å². The van der Waals surface area contributed by atoms with Crippen molar-refractivity contribution in [3.05, 3.63) is 34.1 Å². The van der Waals surface area contributed by atoms with Gasteiger partial charge in [-0.15, -0.1) is 0 Å². The molecule has 0 aliphatic heterocycles. The zero-order valence-electron chi connectivity index (χ0n) is 6.65. The van der Waals surface area contributed by atoms with Crippen molar-refractivity contribution in [2.24, 2.45) is 0 Å². The summed E-state index contributed by atoms with van der Waals surface area (Å²) in [4.78, 5) is 0. The van der Waals surface area contributed by atoms with Crippen molar-refractivity contribution in [1.29, 1.82) is 0 Å². The summed E-state index contributed by atoms with van der Waals surface area (Å²) >= 11 is 2.83. The van der Waals surface area contributed by atoms with Gasteiger partial charge in [-0.1, -0.05) is 15.9 Å². The van der Waals surface area contributed by atoms with Gasteiger partial charge in [-0.25, -0.2) is 4.39 Å². The third kappa shape index (κ3) is 2.68. The van der Waals surface area contributed by atoms with Gasteiger partial charge in [0.2, 0.25) is 0 Å². The van der Waals surface area contributed by atoms with E-state index in [2.05, 4.69) is 15.9 Å². The Balaban J connectivity index is 3.07. The summed E-state index contributed by atoms with van der Waals surface area (Å²) in [6, 6.07) is 2.66. The minimum Gasteiger partial charge on any atom is -0.379 e. The number of halogens is 5. The Bertz CT molecular complexity index is 316. The van der Waals surface area contributed by atoms with Crippen LogP contribution in [0, 0.1) is 5.82 Å². The van der Waals surface area contributed by atoms with Crippen molar-refractivity contribution in [2.75, 3.05) is 0 Å². The van der Waals surface area contributed by atoms with Crippen LogP contribution in [0.1, 0.15) is 11.7 Å². The van der Waals surface area contributed by atoms with E-state index in [0.717, 1.165) is 12.1 Å². The lowest BCUT2D eigenvalue weighted by atomic mass is 10.1. The SMILES string of the molecule is OC(c1cc(F)cc(Br)c1)C(F)(F)F. The molecule has 0 amide bonds. The van der Waals surface area contributed by atoms with Crippen molar-refractivity contribution in [2.45, 2.75) is 12.3 Å². The predicted octanol–water partition coefficient (Wildman–Crippen LogP) is 3.18. The van der Waals surface area contributed by atoms with E-state index in [1.807, 2.05) is 0 Å². The highest BCUT2D eigenvalue weighted by atomic mass is 79.9. The van der Waals surface area contributed by atoms with Crippen LogP contribution in [-0.2, 0) is 0 Å². The van der Waals surface area contributed by atoms with Crippen molar-refractivity contribution in [3.63, 3.8) is 0 Å². The lowest BCUT2D eigenvalue weighted by Crippen LogP contribution is -2.20. The van der Waals surface area contributed by atoms with Crippen LogP contribution in [0.25, 0.3) is 0 Å². The zero-order valence-corrected chi connectivity index (χ0v) is 8.23. The monoisotopic (exact) mass is 272 g/mol. The molecule has 1 nitrogen and oxygen atoms in total. The van der Waals surface area contributed by atoms with Gasteiger partial charge in [0.25, 0.3) is 0 Å². The minimum atomic E-state index is -4.78. The van der Waals surface area contributed by atoms with E-state index in [9.17, 15) is 17.6 Å². The molecule has 0 radical (unpaired) electrons. The number of hydrogen-bond acceptors (Lipinski definition) is 1. The summed E-state index contributed by atoms with van der Waals surface area (Å²) < 4.78 is 48.8.